The van der Waals surface area contributed by atoms with Crippen LogP contribution in [0.15, 0.2) is 0 Å². The SMILES string of the molecule is CCCCCC[C@H](CC(=O)O)C(=O)O.[NH4+].[NH4+]. The van der Waals surface area contributed by atoms with Crippen molar-refractivity contribution in [1.29, 1.82) is 0 Å². The Morgan fingerprint density at radius 3 is 2.00 bits per heavy atom. The lowest BCUT2D eigenvalue weighted by molar-refractivity contribution is -0.148. The maximum Gasteiger partial charge on any atom is 0.307 e. The molecule has 6 nitrogen and oxygen atoms in total. The minimum absolute atomic E-state index is 0. The summed E-state index contributed by atoms with van der Waals surface area (Å²) in [6, 6.07) is 0. The molecule has 0 amide bonds. The Balaban J connectivity index is -0.000000845. The quantitative estimate of drug-likeness (QED) is 0.481. The fourth-order valence-corrected chi connectivity index (χ4v) is 1.34. The Morgan fingerprint density at radius 1 is 1.06 bits per heavy atom. The number of carbonyl (C=O) groups is 2. The fraction of sp³-hybridized carbons (Fsp3) is 0.800. The lowest BCUT2D eigenvalue weighted by Crippen LogP contribution is -2.17. The first-order valence-corrected chi connectivity index (χ1v) is 5.02. The van der Waals surface area contributed by atoms with Gasteiger partial charge in [-0.25, -0.2) is 0 Å². The molecular weight excluding hydrogens is 212 g/mol. The monoisotopic (exact) mass is 238 g/mol. The van der Waals surface area contributed by atoms with Gasteiger partial charge >= 0.3 is 11.9 Å². The van der Waals surface area contributed by atoms with Gasteiger partial charge in [-0.2, -0.15) is 0 Å². The van der Waals surface area contributed by atoms with Crippen LogP contribution >= 0.6 is 0 Å². The smallest absolute Gasteiger partial charge is 0.307 e. The second kappa shape index (κ2) is 11.9. The summed E-state index contributed by atoms with van der Waals surface area (Å²) in [6.07, 6.45) is 4.18. The van der Waals surface area contributed by atoms with Crippen LogP contribution in [0, 0.1) is 5.92 Å². The molecule has 0 aromatic rings. The third kappa shape index (κ3) is 10.9. The fourth-order valence-electron chi connectivity index (χ4n) is 1.34. The highest BCUT2D eigenvalue weighted by atomic mass is 16.4. The number of unbranched alkanes of at least 4 members (excludes halogenated alkanes) is 3. The van der Waals surface area contributed by atoms with E-state index < -0.39 is 17.9 Å². The van der Waals surface area contributed by atoms with Gasteiger partial charge in [-0.1, -0.05) is 32.6 Å². The van der Waals surface area contributed by atoms with Crippen LogP contribution in [0.4, 0.5) is 0 Å². The van der Waals surface area contributed by atoms with E-state index in [0.717, 1.165) is 25.7 Å². The van der Waals surface area contributed by atoms with Gasteiger partial charge in [-0.05, 0) is 6.42 Å². The summed E-state index contributed by atoms with van der Waals surface area (Å²) in [5, 5.41) is 17.2. The zero-order chi connectivity index (χ0) is 11.0. The van der Waals surface area contributed by atoms with Crippen molar-refractivity contribution in [2.45, 2.75) is 45.4 Å². The Labute approximate surface area is 96.2 Å². The van der Waals surface area contributed by atoms with E-state index in [1.807, 2.05) is 0 Å². The third-order valence-electron chi connectivity index (χ3n) is 2.18. The molecule has 10 N–H and O–H groups in total. The molecule has 1 atom stereocenters. The van der Waals surface area contributed by atoms with Gasteiger partial charge in [0.05, 0.1) is 12.3 Å². The van der Waals surface area contributed by atoms with Crippen LogP contribution in [0.3, 0.4) is 0 Å². The average molecular weight is 238 g/mol. The number of quaternary nitrogens is 2. The second-order valence-electron chi connectivity index (χ2n) is 3.48. The number of aliphatic carboxylic acids is 2. The van der Waals surface area contributed by atoms with E-state index in [1.165, 1.54) is 0 Å². The third-order valence-corrected chi connectivity index (χ3v) is 2.18. The number of carboxylic acid groups (broad SMARTS) is 2. The molecule has 0 radical (unpaired) electrons. The molecular formula is C10H26N2O4+2. The van der Waals surface area contributed by atoms with Gasteiger partial charge in [0.25, 0.3) is 0 Å². The van der Waals surface area contributed by atoms with Gasteiger partial charge in [0.2, 0.25) is 0 Å². The van der Waals surface area contributed by atoms with Gasteiger partial charge < -0.3 is 22.5 Å². The van der Waals surface area contributed by atoms with Crippen LogP contribution in [-0.4, -0.2) is 22.2 Å². The van der Waals surface area contributed by atoms with Gasteiger partial charge in [-0.15, -0.1) is 0 Å². The van der Waals surface area contributed by atoms with Crippen molar-refractivity contribution in [3.63, 3.8) is 0 Å². The highest BCUT2D eigenvalue weighted by molar-refractivity contribution is 5.77. The predicted octanol–water partition coefficient (Wildman–Crippen LogP) is 2.88. The van der Waals surface area contributed by atoms with Crippen molar-refractivity contribution in [2.75, 3.05) is 0 Å². The molecule has 0 heterocycles. The van der Waals surface area contributed by atoms with Crippen molar-refractivity contribution in [3.05, 3.63) is 0 Å². The van der Waals surface area contributed by atoms with E-state index >= 15 is 0 Å². The first-order chi connectivity index (χ1) is 6.57. The van der Waals surface area contributed by atoms with Gasteiger partial charge in [0.15, 0.2) is 0 Å². The zero-order valence-electron chi connectivity index (χ0n) is 10.5. The molecule has 0 spiro atoms. The molecule has 0 saturated carbocycles. The summed E-state index contributed by atoms with van der Waals surface area (Å²) in [6.45, 7) is 2.08. The van der Waals surface area contributed by atoms with E-state index in [4.69, 9.17) is 10.2 Å². The van der Waals surface area contributed by atoms with Crippen molar-refractivity contribution in [3.8, 4) is 0 Å². The molecule has 0 aliphatic rings. The number of rotatable bonds is 8. The largest absolute Gasteiger partial charge is 0.481 e. The normalized spacial score (nSPS) is 10.8. The molecule has 0 bridgehead atoms. The van der Waals surface area contributed by atoms with Crippen LogP contribution in [0.2, 0.25) is 0 Å². The topological polar surface area (TPSA) is 148 Å². The standard InChI is InChI=1S/C10H18O4.2H3N/c1-2-3-4-5-6-8(10(13)14)7-9(11)12;;/h8H,2-7H2,1H3,(H,11,12)(H,13,14);2*1H3/p+2/t8-;;/m1../s1. The van der Waals surface area contributed by atoms with Crippen LogP contribution in [0.5, 0.6) is 0 Å². The Bertz CT molecular complexity index is 197. The maximum absolute atomic E-state index is 10.6. The number of hydrogen-bond acceptors (Lipinski definition) is 2. The number of carboxylic acids is 2. The molecule has 16 heavy (non-hydrogen) atoms. The van der Waals surface area contributed by atoms with Crippen molar-refractivity contribution < 1.29 is 19.8 Å². The molecule has 0 aliphatic carbocycles. The van der Waals surface area contributed by atoms with E-state index in [2.05, 4.69) is 6.92 Å². The summed E-state index contributed by atoms with van der Waals surface area (Å²) in [5.74, 6) is -2.75. The van der Waals surface area contributed by atoms with Crippen LogP contribution in [-0.2, 0) is 9.59 Å². The van der Waals surface area contributed by atoms with E-state index in [-0.39, 0.29) is 18.7 Å². The summed E-state index contributed by atoms with van der Waals surface area (Å²) < 4.78 is 0. The lowest BCUT2D eigenvalue weighted by Gasteiger charge is -2.08. The second-order valence-corrected chi connectivity index (χ2v) is 3.48. The average Bonchev–Trinajstić information content (AvgIpc) is 2.09. The molecule has 0 saturated heterocycles. The van der Waals surface area contributed by atoms with Gasteiger partial charge in [0.1, 0.15) is 0 Å². The van der Waals surface area contributed by atoms with Gasteiger partial charge in [-0.3, -0.25) is 9.59 Å². The molecule has 0 unspecified atom stereocenters. The summed E-state index contributed by atoms with van der Waals surface area (Å²) in [5.41, 5.74) is 0. The Hall–Kier alpha value is -1.14. The summed E-state index contributed by atoms with van der Waals surface area (Å²) in [4.78, 5) is 21.0. The van der Waals surface area contributed by atoms with Crippen molar-refractivity contribution >= 4 is 11.9 Å². The molecule has 0 aromatic heterocycles. The summed E-state index contributed by atoms with van der Waals surface area (Å²) >= 11 is 0. The highest BCUT2D eigenvalue weighted by Crippen LogP contribution is 2.14. The molecule has 0 fully saturated rings. The van der Waals surface area contributed by atoms with Gasteiger partial charge in [0, 0.05) is 0 Å². The molecule has 0 aromatic carbocycles. The molecule has 0 rings (SSSR count). The first-order valence-electron chi connectivity index (χ1n) is 5.02. The van der Waals surface area contributed by atoms with E-state index in [9.17, 15) is 9.59 Å². The summed E-state index contributed by atoms with van der Waals surface area (Å²) in [7, 11) is 0. The van der Waals surface area contributed by atoms with Crippen molar-refractivity contribution in [2.24, 2.45) is 5.92 Å². The minimum Gasteiger partial charge on any atom is -0.481 e. The minimum atomic E-state index is -1.03. The Kier molecular flexibility index (Phi) is 15.1. The zero-order valence-corrected chi connectivity index (χ0v) is 10.5. The van der Waals surface area contributed by atoms with E-state index in [0.29, 0.717) is 6.42 Å². The Morgan fingerprint density at radius 2 is 1.62 bits per heavy atom. The van der Waals surface area contributed by atoms with Crippen LogP contribution in [0.1, 0.15) is 45.4 Å². The van der Waals surface area contributed by atoms with Crippen LogP contribution in [0.25, 0.3) is 0 Å². The predicted molar refractivity (Wildman–Crippen MR) is 64.1 cm³/mol. The molecule has 0 aliphatic heterocycles. The maximum atomic E-state index is 10.6. The first kappa shape index (κ1) is 20.3. The van der Waals surface area contributed by atoms with Crippen molar-refractivity contribution in [1.82, 2.24) is 12.3 Å². The molecule has 6 heteroatoms. The van der Waals surface area contributed by atoms with E-state index in [1.54, 1.807) is 0 Å². The molecule has 98 valence electrons. The number of hydrogen-bond donors (Lipinski definition) is 4. The lowest BCUT2D eigenvalue weighted by atomic mass is 9.98. The highest BCUT2D eigenvalue weighted by Gasteiger charge is 2.19. The van der Waals surface area contributed by atoms with Crippen LogP contribution < -0.4 is 12.3 Å².